The summed E-state index contributed by atoms with van der Waals surface area (Å²) in [5, 5.41) is 2.07. The second-order valence-corrected chi connectivity index (χ2v) is 6.27. The van der Waals surface area contributed by atoms with E-state index in [2.05, 4.69) is 23.3 Å². The molecule has 108 valence electrons. The van der Waals surface area contributed by atoms with Gasteiger partial charge in [0.2, 0.25) is 5.91 Å². The molecule has 0 atom stereocenters. The van der Waals surface area contributed by atoms with Gasteiger partial charge in [0.15, 0.2) is 0 Å². The predicted molar refractivity (Wildman–Crippen MR) is 83.3 cm³/mol. The van der Waals surface area contributed by atoms with E-state index in [0.717, 1.165) is 23.3 Å². The van der Waals surface area contributed by atoms with Gasteiger partial charge in [-0.3, -0.25) is 4.79 Å². The number of hydrogen-bond donors (Lipinski definition) is 1. The first-order valence-electron chi connectivity index (χ1n) is 7.22. The molecular formula is C16H22N2OS. The summed E-state index contributed by atoms with van der Waals surface area (Å²) < 4.78 is 0. The summed E-state index contributed by atoms with van der Waals surface area (Å²) in [5.74, 6) is 6.42. The molecule has 0 radical (unpaired) electrons. The number of carbonyl (C=O) groups is 1. The maximum absolute atomic E-state index is 12.4. The van der Waals surface area contributed by atoms with E-state index in [-0.39, 0.29) is 5.92 Å². The standard InChI is InChI=1S/C16H22N2OS/c1-18(16(19)14-6-3-2-4-7-14)11-13-10-15(20-12-13)8-5-9-17/h10,12,14H,2-4,6-7,9,11,17H2,1H3. The van der Waals surface area contributed by atoms with Crippen LogP contribution < -0.4 is 5.73 Å². The lowest BCUT2D eigenvalue weighted by Gasteiger charge is -2.26. The number of carbonyl (C=O) groups excluding carboxylic acids is 1. The van der Waals surface area contributed by atoms with Crippen molar-refractivity contribution < 1.29 is 4.79 Å². The van der Waals surface area contributed by atoms with Crippen molar-refractivity contribution in [1.82, 2.24) is 4.90 Å². The predicted octanol–water partition coefficient (Wildman–Crippen LogP) is 2.60. The minimum atomic E-state index is 0.240. The number of hydrogen-bond acceptors (Lipinski definition) is 3. The summed E-state index contributed by atoms with van der Waals surface area (Å²) in [5.41, 5.74) is 6.52. The minimum absolute atomic E-state index is 0.240. The molecule has 2 N–H and O–H groups in total. The number of thiophene rings is 1. The van der Waals surface area contributed by atoms with Crippen molar-refractivity contribution in [3.05, 3.63) is 21.9 Å². The minimum Gasteiger partial charge on any atom is -0.341 e. The number of nitrogens with zero attached hydrogens (tertiary/aromatic N) is 1. The largest absolute Gasteiger partial charge is 0.341 e. The van der Waals surface area contributed by atoms with Gasteiger partial charge in [0, 0.05) is 19.5 Å². The Bertz CT molecular complexity index is 506. The molecule has 0 saturated heterocycles. The lowest BCUT2D eigenvalue weighted by atomic mass is 9.88. The van der Waals surface area contributed by atoms with Crippen LogP contribution in [0.25, 0.3) is 0 Å². The van der Waals surface area contributed by atoms with Gasteiger partial charge in [-0.25, -0.2) is 0 Å². The van der Waals surface area contributed by atoms with Gasteiger partial charge in [0.05, 0.1) is 11.4 Å². The lowest BCUT2D eigenvalue weighted by Crippen LogP contribution is -2.33. The molecule has 4 heteroatoms. The van der Waals surface area contributed by atoms with Gasteiger partial charge >= 0.3 is 0 Å². The van der Waals surface area contributed by atoms with Crippen LogP contribution in [0.1, 0.15) is 42.5 Å². The van der Waals surface area contributed by atoms with Gasteiger partial charge in [-0.05, 0) is 29.9 Å². The maximum atomic E-state index is 12.4. The van der Waals surface area contributed by atoms with Crippen molar-refractivity contribution in [3.8, 4) is 11.8 Å². The van der Waals surface area contributed by atoms with E-state index in [9.17, 15) is 4.79 Å². The molecule has 3 nitrogen and oxygen atoms in total. The van der Waals surface area contributed by atoms with Crippen molar-refractivity contribution in [3.63, 3.8) is 0 Å². The van der Waals surface area contributed by atoms with Gasteiger partial charge in [0.25, 0.3) is 0 Å². The van der Waals surface area contributed by atoms with Crippen LogP contribution in [0.15, 0.2) is 11.4 Å². The van der Waals surface area contributed by atoms with Crippen molar-refractivity contribution in [1.29, 1.82) is 0 Å². The van der Waals surface area contributed by atoms with E-state index in [0.29, 0.717) is 19.0 Å². The molecule has 2 rings (SSSR count). The Labute approximate surface area is 125 Å². The van der Waals surface area contributed by atoms with Crippen LogP contribution in [0.3, 0.4) is 0 Å². The third-order valence-electron chi connectivity index (χ3n) is 3.72. The van der Waals surface area contributed by atoms with Crippen LogP contribution in [-0.2, 0) is 11.3 Å². The molecule has 1 fully saturated rings. The Hall–Kier alpha value is -1.31. The fraction of sp³-hybridized carbons (Fsp3) is 0.562. The van der Waals surface area contributed by atoms with E-state index in [4.69, 9.17) is 5.73 Å². The first-order valence-corrected chi connectivity index (χ1v) is 8.10. The molecule has 1 amide bonds. The number of rotatable bonds is 3. The average molecular weight is 290 g/mol. The quantitative estimate of drug-likeness (QED) is 0.870. The first-order chi connectivity index (χ1) is 9.70. The van der Waals surface area contributed by atoms with E-state index < -0.39 is 0 Å². The molecule has 1 saturated carbocycles. The summed E-state index contributed by atoms with van der Waals surface area (Å²) in [6.07, 6.45) is 5.78. The molecule has 0 unspecified atom stereocenters. The Morgan fingerprint density at radius 3 is 2.90 bits per heavy atom. The van der Waals surface area contributed by atoms with Gasteiger partial charge in [-0.15, -0.1) is 11.3 Å². The van der Waals surface area contributed by atoms with Crippen LogP contribution in [-0.4, -0.2) is 24.4 Å². The summed E-state index contributed by atoms with van der Waals surface area (Å²) >= 11 is 1.61. The smallest absolute Gasteiger partial charge is 0.225 e. The van der Waals surface area contributed by atoms with Crippen molar-refractivity contribution in [2.24, 2.45) is 11.7 Å². The fourth-order valence-corrected chi connectivity index (χ4v) is 3.45. The third-order valence-corrected chi connectivity index (χ3v) is 4.61. The molecule has 1 aromatic heterocycles. The lowest BCUT2D eigenvalue weighted by molar-refractivity contribution is -0.135. The Kier molecular flexibility index (Phi) is 5.63. The summed E-state index contributed by atoms with van der Waals surface area (Å²) in [6.45, 7) is 1.06. The number of nitrogens with two attached hydrogens (primary N) is 1. The molecule has 0 spiro atoms. The molecule has 0 aromatic carbocycles. The number of amides is 1. The van der Waals surface area contributed by atoms with Crippen molar-refractivity contribution in [2.45, 2.75) is 38.6 Å². The third kappa shape index (κ3) is 4.09. The highest BCUT2D eigenvalue weighted by Crippen LogP contribution is 2.26. The van der Waals surface area contributed by atoms with Gasteiger partial charge in [-0.1, -0.05) is 31.1 Å². The Morgan fingerprint density at radius 2 is 2.20 bits per heavy atom. The van der Waals surface area contributed by atoms with Gasteiger partial charge < -0.3 is 10.6 Å². The highest BCUT2D eigenvalue weighted by Gasteiger charge is 2.24. The monoisotopic (exact) mass is 290 g/mol. The molecule has 1 heterocycles. The molecule has 1 aliphatic rings. The molecule has 0 aliphatic heterocycles. The summed E-state index contributed by atoms with van der Waals surface area (Å²) in [4.78, 5) is 15.2. The zero-order chi connectivity index (χ0) is 14.4. The normalized spacial score (nSPS) is 15.5. The zero-order valence-corrected chi connectivity index (χ0v) is 12.8. The second kappa shape index (κ2) is 7.47. The first kappa shape index (κ1) is 15.1. The topological polar surface area (TPSA) is 46.3 Å². The highest BCUT2D eigenvalue weighted by molar-refractivity contribution is 7.10. The van der Waals surface area contributed by atoms with Crippen LogP contribution in [0, 0.1) is 17.8 Å². The molecule has 0 bridgehead atoms. The average Bonchev–Trinajstić information content (AvgIpc) is 2.92. The molecular weight excluding hydrogens is 268 g/mol. The molecule has 1 aromatic rings. The zero-order valence-electron chi connectivity index (χ0n) is 12.0. The van der Waals surface area contributed by atoms with E-state index in [1.807, 2.05) is 11.9 Å². The Morgan fingerprint density at radius 1 is 1.45 bits per heavy atom. The maximum Gasteiger partial charge on any atom is 0.225 e. The van der Waals surface area contributed by atoms with E-state index in [1.165, 1.54) is 19.3 Å². The van der Waals surface area contributed by atoms with E-state index >= 15 is 0 Å². The molecule has 1 aliphatic carbocycles. The van der Waals surface area contributed by atoms with Crippen LogP contribution >= 0.6 is 11.3 Å². The highest BCUT2D eigenvalue weighted by atomic mass is 32.1. The van der Waals surface area contributed by atoms with Crippen LogP contribution in [0.5, 0.6) is 0 Å². The van der Waals surface area contributed by atoms with E-state index in [1.54, 1.807) is 11.3 Å². The molecule has 20 heavy (non-hydrogen) atoms. The van der Waals surface area contributed by atoms with Crippen molar-refractivity contribution >= 4 is 17.2 Å². The van der Waals surface area contributed by atoms with Crippen molar-refractivity contribution in [2.75, 3.05) is 13.6 Å². The Balaban J connectivity index is 1.91. The van der Waals surface area contributed by atoms with Crippen LogP contribution in [0.2, 0.25) is 0 Å². The summed E-state index contributed by atoms with van der Waals surface area (Å²) in [7, 11) is 1.90. The van der Waals surface area contributed by atoms with Crippen LogP contribution in [0.4, 0.5) is 0 Å². The summed E-state index contributed by atoms with van der Waals surface area (Å²) in [6, 6.07) is 2.05. The second-order valence-electron chi connectivity index (χ2n) is 5.35. The SMILES string of the molecule is CN(Cc1csc(C#CCN)c1)C(=O)C1CCCCC1. The van der Waals surface area contributed by atoms with Gasteiger partial charge in [-0.2, -0.15) is 0 Å². The van der Waals surface area contributed by atoms with Gasteiger partial charge in [0.1, 0.15) is 0 Å². The fourth-order valence-electron chi connectivity index (χ4n) is 2.68.